The molecule has 0 saturated carbocycles. The predicted molar refractivity (Wildman–Crippen MR) is 91.3 cm³/mol. The maximum atomic E-state index is 14.2. The Balaban J connectivity index is 1.77. The first-order valence-electron chi connectivity index (χ1n) is 8.40. The zero-order valence-electron chi connectivity index (χ0n) is 14.6. The molecule has 2 heterocycles. The van der Waals surface area contributed by atoms with Gasteiger partial charge in [0.15, 0.2) is 0 Å². The highest BCUT2D eigenvalue weighted by molar-refractivity contribution is 5.66. The largest absolute Gasteiger partial charge is 0.416 e. The molecule has 1 N–H and O–H groups in total. The zero-order chi connectivity index (χ0) is 18.9. The summed E-state index contributed by atoms with van der Waals surface area (Å²) in [6.45, 7) is 3.46. The number of likely N-dealkylation sites (N-methyl/N-ethyl adjacent to an activating group) is 1. The number of anilines is 1. The van der Waals surface area contributed by atoms with Crippen LogP contribution in [0, 0.1) is 12.7 Å². The average Bonchev–Trinajstić information content (AvgIpc) is 2.98. The number of benzene rings is 1. The van der Waals surface area contributed by atoms with E-state index in [0.29, 0.717) is 35.9 Å². The van der Waals surface area contributed by atoms with E-state index >= 15 is 0 Å². The fourth-order valence-electron chi connectivity index (χ4n) is 3.17. The number of hydrogen-bond donors (Lipinski definition) is 1. The highest BCUT2D eigenvalue weighted by Gasteiger charge is 2.31. The highest BCUT2D eigenvalue weighted by Crippen LogP contribution is 2.33. The fraction of sp³-hybridized carbons (Fsp3) is 0.444. The first kappa shape index (κ1) is 18.6. The van der Waals surface area contributed by atoms with Gasteiger partial charge in [0.2, 0.25) is 5.95 Å². The van der Waals surface area contributed by atoms with Crippen molar-refractivity contribution in [2.75, 3.05) is 25.5 Å². The molecule has 2 aromatic rings. The molecule has 4 nitrogen and oxygen atoms in total. The van der Waals surface area contributed by atoms with Crippen molar-refractivity contribution >= 4 is 5.95 Å². The van der Waals surface area contributed by atoms with Crippen molar-refractivity contribution in [3.05, 3.63) is 41.5 Å². The van der Waals surface area contributed by atoms with Crippen LogP contribution in [0.5, 0.6) is 0 Å². The number of aryl methyl sites for hydroxylation is 1. The van der Waals surface area contributed by atoms with Crippen LogP contribution in [0.2, 0.25) is 0 Å². The SMILES string of the molecule is Cc1nc(NCC2CCCN2C)ncc1-c1ccc(C(F)(F)F)cc1F. The Kier molecular flexibility index (Phi) is 5.13. The summed E-state index contributed by atoms with van der Waals surface area (Å²) in [7, 11) is 2.07. The molecule has 1 atom stereocenters. The van der Waals surface area contributed by atoms with Crippen LogP contribution in [-0.4, -0.2) is 41.0 Å². The normalized spacial score (nSPS) is 18.3. The Hall–Kier alpha value is -2.22. The molecule has 0 aliphatic carbocycles. The van der Waals surface area contributed by atoms with Gasteiger partial charge in [0.1, 0.15) is 5.82 Å². The second kappa shape index (κ2) is 7.19. The van der Waals surface area contributed by atoms with Crippen LogP contribution in [-0.2, 0) is 6.18 Å². The smallest absolute Gasteiger partial charge is 0.353 e. The van der Waals surface area contributed by atoms with Gasteiger partial charge in [-0.1, -0.05) is 6.07 Å². The van der Waals surface area contributed by atoms with Crippen LogP contribution in [0.1, 0.15) is 24.1 Å². The van der Waals surface area contributed by atoms with E-state index in [2.05, 4.69) is 27.2 Å². The molecule has 1 aliphatic heterocycles. The number of aromatic nitrogens is 2. The lowest BCUT2D eigenvalue weighted by atomic mass is 10.0. The van der Waals surface area contributed by atoms with E-state index in [9.17, 15) is 17.6 Å². The van der Waals surface area contributed by atoms with E-state index in [1.54, 1.807) is 6.92 Å². The molecular weight excluding hydrogens is 348 g/mol. The van der Waals surface area contributed by atoms with Crippen molar-refractivity contribution in [2.24, 2.45) is 0 Å². The number of hydrogen-bond acceptors (Lipinski definition) is 4. The van der Waals surface area contributed by atoms with E-state index in [1.807, 2.05) is 0 Å². The van der Waals surface area contributed by atoms with Crippen molar-refractivity contribution in [3.8, 4) is 11.1 Å². The van der Waals surface area contributed by atoms with Gasteiger partial charge < -0.3 is 10.2 Å². The van der Waals surface area contributed by atoms with Crippen molar-refractivity contribution in [1.82, 2.24) is 14.9 Å². The Morgan fingerprint density at radius 3 is 2.62 bits per heavy atom. The quantitative estimate of drug-likeness (QED) is 0.825. The standard InChI is InChI=1S/C18H20F4N4/c1-11-15(14-6-5-12(8-16(14)19)18(20,21)22)10-24-17(25-11)23-9-13-4-3-7-26(13)2/h5-6,8,10,13H,3-4,7,9H2,1-2H3,(H,23,24,25). The van der Waals surface area contributed by atoms with Gasteiger partial charge in [0.05, 0.1) is 11.3 Å². The number of nitrogens with one attached hydrogen (secondary N) is 1. The Morgan fingerprint density at radius 2 is 2.04 bits per heavy atom. The summed E-state index contributed by atoms with van der Waals surface area (Å²) >= 11 is 0. The highest BCUT2D eigenvalue weighted by atomic mass is 19.4. The third-order valence-corrected chi connectivity index (χ3v) is 4.73. The molecule has 0 radical (unpaired) electrons. The molecule has 0 bridgehead atoms. The molecule has 1 unspecified atom stereocenters. The topological polar surface area (TPSA) is 41.1 Å². The van der Waals surface area contributed by atoms with Gasteiger partial charge in [0.25, 0.3) is 0 Å². The summed E-state index contributed by atoms with van der Waals surface area (Å²) in [5.41, 5.74) is -0.0884. The van der Waals surface area contributed by atoms with E-state index in [-0.39, 0.29) is 5.56 Å². The third-order valence-electron chi connectivity index (χ3n) is 4.73. The van der Waals surface area contributed by atoms with E-state index in [0.717, 1.165) is 31.5 Å². The number of rotatable bonds is 4. The van der Waals surface area contributed by atoms with Crippen LogP contribution >= 0.6 is 0 Å². The van der Waals surface area contributed by atoms with Crippen molar-refractivity contribution in [3.63, 3.8) is 0 Å². The van der Waals surface area contributed by atoms with Crippen LogP contribution in [0.4, 0.5) is 23.5 Å². The Labute approximate surface area is 149 Å². The monoisotopic (exact) mass is 368 g/mol. The minimum atomic E-state index is -4.58. The molecule has 8 heteroatoms. The summed E-state index contributed by atoms with van der Waals surface area (Å²) in [5, 5.41) is 3.17. The van der Waals surface area contributed by atoms with Crippen molar-refractivity contribution in [1.29, 1.82) is 0 Å². The summed E-state index contributed by atoms with van der Waals surface area (Å²) in [5.74, 6) is -0.515. The predicted octanol–water partition coefficient (Wildman–Crippen LogP) is 4.12. The van der Waals surface area contributed by atoms with Gasteiger partial charge in [-0.15, -0.1) is 0 Å². The summed E-state index contributed by atoms with van der Waals surface area (Å²) in [6.07, 6.45) is -0.868. The number of likely N-dealkylation sites (tertiary alicyclic amines) is 1. The van der Waals surface area contributed by atoms with Crippen LogP contribution in [0.15, 0.2) is 24.4 Å². The molecule has 1 aliphatic rings. The lowest BCUT2D eigenvalue weighted by molar-refractivity contribution is -0.137. The molecular formula is C18H20F4N4. The Morgan fingerprint density at radius 1 is 1.27 bits per heavy atom. The number of nitrogens with zero attached hydrogens (tertiary/aromatic N) is 3. The number of halogens is 4. The van der Waals surface area contributed by atoms with E-state index < -0.39 is 17.6 Å². The first-order valence-corrected chi connectivity index (χ1v) is 8.40. The van der Waals surface area contributed by atoms with Gasteiger partial charge in [0, 0.05) is 29.9 Å². The number of alkyl halides is 3. The summed E-state index contributed by atoms with van der Waals surface area (Å²) < 4.78 is 52.2. The third kappa shape index (κ3) is 3.95. The van der Waals surface area contributed by atoms with Crippen molar-refractivity contribution in [2.45, 2.75) is 32.0 Å². The van der Waals surface area contributed by atoms with Gasteiger partial charge in [-0.05, 0) is 45.5 Å². The van der Waals surface area contributed by atoms with Crippen LogP contribution in [0.3, 0.4) is 0 Å². The van der Waals surface area contributed by atoms with E-state index in [1.165, 1.54) is 6.20 Å². The molecule has 0 spiro atoms. The molecule has 1 fully saturated rings. The van der Waals surface area contributed by atoms with Gasteiger partial charge in [-0.2, -0.15) is 13.2 Å². The zero-order valence-corrected chi connectivity index (χ0v) is 14.6. The Bertz CT molecular complexity index is 791. The minimum Gasteiger partial charge on any atom is -0.353 e. The maximum Gasteiger partial charge on any atom is 0.416 e. The second-order valence-corrected chi connectivity index (χ2v) is 6.54. The minimum absolute atomic E-state index is 0.0533. The molecule has 3 rings (SSSR count). The van der Waals surface area contributed by atoms with Gasteiger partial charge >= 0.3 is 6.18 Å². The molecule has 1 saturated heterocycles. The molecule has 140 valence electrons. The van der Waals surface area contributed by atoms with Crippen LogP contribution < -0.4 is 5.32 Å². The average molecular weight is 368 g/mol. The summed E-state index contributed by atoms with van der Waals surface area (Å²) in [6, 6.07) is 2.90. The summed E-state index contributed by atoms with van der Waals surface area (Å²) in [4.78, 5) is 10.8. The van der Waals surface area contributed by atoms with E-state index in [4.69, 9.17) is 0 Å². The first-order chi connectivity index (χ1) is 12.3. The maximum absolute atomic E-state index is 14.2. The molecule has 0 amide bonds. The molecule has 1 aromatic heterocycles. The lowest BCUT2D eigenvalue weighted by Gasteiger charge is -2.19. The van der Waals surface area contributed by atoms with Crippen molar-refractivity contribution < 1.29 is 17.6 Å². The van der Waals surface area contributed by atoms with Crippen LogP contribution in [0.25, 0.3) is 11.1 Å². The molecule has 26 heavy (non-hydrogen) atoms. The van der Waals surface area contributed by atoms with Gasteiger partial charge in [-0.25, -0.2) is 14.4 Å². The van der Waals surface area contributed by atoms with Gasteiger partial charge in [-0.3, -0.25) is 0 Å². The second-order valence-electron chi connectivity index (χ2n) is 6.54. The lowest BCUT2D eigenvalue weighted by Crippen LogP contribution is -2.32. The molecule has 1 aromatic carbocycles. The fourth-order valence-corrected chi connectivity index (χ4v) is 3.17.